The highest BCUT2D eigenvalue weighted by atomic mass is 17.3. The molecule has 1 amide bonds. The van der Waals surface area contributed by atoms with Gasteiger partial charge in [0.05, 0.1) is 12.5 Å². The van der Waals surface area contributed by atoms with Crippen LogP contribution in [0.2, 0.25) is 0 Å². The van der Waals surface area contributed by atoms with E-state index in [4.69, 9.17) is 19.2 Å². The predicted octanol–water partition coefficient (Wildman–Crippen LogP) is 6.66. The van der Waals surface area contributed by atoms with E-state index in [-0.39, 0.29) is 23.8 Å². The van der Waals surface area contributed by atoms with Gasteiger partial charge in [0, 0.05) is 18.9 Å². The SMILES string of the molecule is CCCCCCCCCCCCNC(=O)C[C@H]1O[C@@H]2O[C@@]3(C)CC[C@H]4[C@H](C)CC[C@@H]([C@H]1C)[C@@]24OO3. The van der Waals surface area contributed by atoms with Gasteiger partial charge in [-0.2, -0.15) is 0 Å². The highest BCUT2D eigenvalue weighted by Gasteiger charge is 2.69. The van der Waals surface area contributed by atoms with Crippen LogP contribution < -0.4 is 5.32 Å². The van der Waals surface area contributed by atoms with Gasteiger partial charge in [-0.05, 0) is 50.4 Å². The molecule has 0 aromatic rings. The van der Waals surface area contributed by atoms with Crippen molar-refractivity contribution in [3.05, 3.63) is 0 Å². The zero-order valence-electron chi connectivity index (χ0n) is 22.8. The molecule has 5 aliphatic rings. The topological polar surface area (TPSA) is 66.0 Å². The molecule has 4 aliphatic heterocycles. The first-order valence-electron chi connectivity index (χ1n) is 14.9. The number of ether oxygens (including phenoxy) is 2. The van der Waals surface area contributed by atoms with E-state index in [1.165, 1.54) is 64.2 Å². The lowest BCUT2D eigenvalue weighted by molar-refractivity contribution is -0.570. The number of unbranched alkanes of at least 4 members (excludes halogenated alkanes) is 9. The minimum Gasteiger partial charge on any atom is -0.356 e. The van der Waals surface area contributed by atoms with Crippen molar-refractivity contribution in [2.24, 2.45) is 23.7 Å². The summed E-state index contributed by atoms with van der Waals surface area (Å²) in [7, 11) is 0. The first-order chi connectivity index (χ1) is 16.9. The van der Waals surface area contributed by atoms with E-state index in [2.05, 4.69) is 26.1 Å². The van der Waals surface area contributed by atoms with E-state index in [1.54, 1.807) is 0 Å². The number of nitrogens with one attached hydrogen (secondary N) is 1. The van der Waals surface area contributed by atoms with Crippen LogP contribution in [-0.4, -0.2) is 36.2 Å². The lowest BCUT2D eigenvalue weighted by Gasteiger charge is -2.60. The van der Waals surface area contributed by atoms with E-state index in [9.17, 15) is 4.79 Å². The standard InChI is InChI=1S/C29H51NO5/c1-5-6-7-8-9-10-11-12-13-14-19-30-26(31)20-25-22(3)24-16-15-21(2)23-17-18-28(4)33-27(32-25)29(23,24)35-34-28/h21-25,27H,5-20H2,1-4H3,(H,30,31)/t21-,22-,23+,24+,25-,27-,28-,29-/m1/s1. The molecule has 1 N–H and O–H groups in total. The Morgan fingerprint density at radius 2 is 1.57 bits per heavy atom. The number of hydrogen-bond acceptors (Lipinski definition) is 5. The number of amides is 1. The van der Waals surface area contributed by atoms with Crippen LogP contribution in [-0.2, 0) is 24.0 Å². The maximum absolute atomic E-state index is 12.8. The molecule has 1 aliphatic carbocycles. The molecule has 0 unspecified atom stereocenters. The summed E-state index contributed by atoms with van der Waals surface area (Å²) in [5.41, 5.74) is -0.546. The third-order valence-electron chi connectivity index (χ3n) is 9.53. The van der Waals surface area contributed by atoms with Crippen molar-refractivity contribution in [1.29, 1.82) is 0 Å². The normalized spacial score (nSPS) is 40.2. The van der Waals surface area contributed by atoms with Gasteiger partial charge in [0.2, 0.25) is 11.7 Å². The molecule has 2 bridgehead atoms. The van der Waals surface area contributed by atoms with Crippen molar-refractivity contribution in [2.45, 2.75) is 148 Å². The molecular formula is C29H51NO5. The highest BCUT2D eigenvalue weighted by Crippen LogP contribution is 2.60. The summed E-state index contributed by atoms with van der Waals surface area (Å²) in [5, 5.41) is 3.15. The molecule has 35 heavy (non-hydrogen) atoms. The van der Waals surface area contributed by atoms with Crippen LogP contribution >= 0.6 is 0 Å². The Hall–Kier alpha value is -0.690. The molecule has 0 aromatic heterocycles. The van der Waals surface area contributed by atoms with Crippen molar-refractivity contribution in [3.63, 3.8) is 0 Å². The largest absolute Gasteiger partial charge is 0.356 e. The van der Waals surface area contributed by atoms with Crippen LogP contribution in [0.4, 0.5) is 0 Å². The molecule has 6 nitrogen and oxygen atoms in total. The number of rotatable bonds is 13. The van der Waals surface area contributed by atoms with Gasteiger partial charge in [0.25, 0.3) is 0 Å². The Labute approximate surface area is 213 Å². The minimum atomic E-state index is -0.763. The van der Waals surface area contributed by atoms with Gasteiger partial charge in [-0.1, -0.05) is 78.6 Å². The molecule has 8 atom stereocenters. The van der Waals surface area contributed by atoms with Crippen LogP contribution in [0.15, 0.2) is 0 Å². The van der Waals surface area contributed by atoms with Crippen molar-refractivity contribution in [2.75, 3.05) is 6.54 Å². The third kappa shape index (κ3) is 6.08. The van der Waals surface area contributed by atoms with Crippen LogP contribution in [0.25, 0.3) is 0 Å². The van der Waals surface area contributed by atoms with Gasteiger partial charge in [0.15, 0.2) is 11.9 Å². The molecule has 4 saturated heterocycles. The Bertz CT molecular complexity index is 688. The first kappa shape index (κ1) is 27.3. The third-order valence-corrected chi connectivity index (χ3v) is 9.53. The van der Waals surface area contributed by atoms with Gasteiger partial charge in [-0.15, -0.1) is 0 Å². The fourth-order valence-electron chi connectivity index (χ4n) is 7.31. The minimum absolute atomic E-state index is 0.0941. The fraction of sp³-hybridized carbons (Fsp3) is 0.966. The molecular weight excluding hydrogens is 442 g/mol. The zero-order valence-corrected chi connectivity index (χ0v) is 22.8. The van der Waals surface area contributed by atoms with E-state index in [0.717, 1.165) is 32.2 Å². The number of hydrogen-bond donors (Lipinski definition) is 1. The highest BCUT2D eigenvalue weighted by molar-refractivity contribution is 5.76. The van der Waals surface area contributed by atoms with Crippen LogP contribution in [0.5, 0.6) is 0 Å². The van der Waals surface area contributed by atoms with Crippen molar-refractivity contribution < 1.29 is 24.0 Å². The van der Waals surface area contributed by atoms with E-state index >= 15 is 0 Å². The molecule has 0 radical (unpaired) electrons. The van der Waals surface area contributed by atoms with E-state index in [0.29, 0.717) is 18.3 Å². The smallest absolute Gasteiger partial charge is 0.222 e. The predicted molar refractivity (Wildman–Crippen MR) is 136 cm³/mol. The van der Waals surface area contributed by atoms with Gasteiger partial charge >= 0.3 is 0 Å². The van der Waals surface area contributed by atoms with E-state index < -0.39 is 17.7 Å². The molecule has 6 heteroatoms. The Kier molecular flexibility index (Phi) is 9.56. The van der Waals surface area contributed by atoms with Gasteiger partial charge < -0.3 is 14.8 Å². The summed E-state index contributed by atoms with van der Waals surface area (Å²) >= 11 is 0. The Morgan fingerprint density at radius 1 is 0.886 bits per heavy atom. The molecule has 0 aromatic carbocycles. The summed E-state index contributed by atoms with van der Waals surface area (Å²) in [6, 6.07) is 0. The monoisotopic (exact) mass is 493 g/mol. The summed E-state index contributed by atoms with van der Waals surface area (Å²) in [6.07, 6.45) is 16.9. The van der Waals surface area contributed by atoms with Gasteiger partial charge in [-0.3, -0.25) is 4.79 Å². The van der Waals surface area contributed by atoms with Crippen molar-refractivity contribution >= 4 is 5.91 Å². The molecule has 1 saturated carbocycles. The quantitative estimate of drug-likeness (QED) is 0.229. The summed E-state index contributed by atoms with van der Waals surface area (Å²) in [4.78, 5) is 24.9. The van der Waals surface area contributed by atoms with Gasteiger partial charge in [-0.25, -0.2) is 9.78 Å². The van der Waals surface area contributed by atoms with Crippen LogP contribution in [0, 0.1) is 23.7 Å². The van der Waals surface area contributed by atoms with Gasteiger partial charge in [0.1, 0.15) is 0 Å². The second-order valence-corrected chi connectivity index (χ2v) is 12.2. The van der Waals surface area contributed by atoms with Crippen molar-refractivity contribution in [1.82, 2.24) is 5.32 Å². The first-order valence-corrected chi connectivity index (χ1v) is 14.9. The lowest BCUT2D eigenvalue weighted by atomic mass is 9.57. The second kappa shape index (κ2) is 12.2. The number of carbonyl (C=O) groups excluding carboxylic acids is 1. The average molecular weight is 494 g/mol. The maximum Gasteiger partial charge on any atom is 0.222 e. The summed E-state index contributed by atoms with van der Waals surface area (Å²) in [6.45, 7) is 9.53. The van der Waals surface area contributed by atoms with Crippen LogP contribution in [0.1, 0.15) is 124 Å². The Balaban J connectivity index is 1.21. The lowest BCUT2D eigenvalue weighted by Crippen LogP contribution is -2.70. The summed E-state index contributed by atoms with van der Waals surface area (Å²) in [5.74, 6) is 0.753. The Morgan fingerprint density at radius 3 is 2.29 bits per heavy atom. The fourth-order valence-corrected chi connectivity index (χ4v) is 7.31. The molecule has 5 fully saturated rings. The molecule has 1 spiro atoms. The summed E-state index contributed by atoms with van der Waals surface area (Å²) < 4.78 is 13.0. The number of fused-ring (bicyclic) bond motifs is 2. The van der Waals surface area contributed by atoms with E-state index in [1.807, 2.05) is 6.92 Å². The average Bonchev–Trinajstić information content (AvgIpc) is 3.06. The zero-order chi connectivity index (χ0) is 24.9. The van der Waals surface area contributed by atoms with Crippen molar-refractivity contribution in [3.8, 4) is 0 Å². The molecule has 202 valence electrons. The molecule has 5 rings (SSSR count). The second-order valence-electron chi connectivity index (χ2n) is 12.2. The number of carbonyl (C=O) groups is 1. The maximum atomic E-state index is 12.8. The van der Waals surface area contributed by atoms with Crippen LogP contribution in [0.3, 0.4) is 0 Å². The molecule has 4 heterocycles.